The minimum absolute atomic E-state index is 0.0488. The fourth-order valence-electron chi connectivity index (χ4n) is 4.82. The Kier molecular flexibility index (Phi) is 6.35. The molecule has 1 aromatic heterocycles. The molecule has 2 aliphatic rings. The molecule has 1 aromatic carbocycles. The zero-order valence-electron chi connectivity index (χ0n) is 18.5. The van der Waals surface area contributed by atoms with Crippen LogP contribution in [0, 0.1) is 11.3 Å². The molecule has 2 heterocycles. The van der Waals surface area contributed by atoms with Gasteiger partial charge in [0, 0.05) is 43.0 Å². The van der Waals surface area contributed by atoms with Crippen molar-refractivity contribution in [3.05, 3.63) is 48.5 Å². The predicted molar refractivity (Wildman–Crippen MR) is 120 cm³/mol. The number of nitrogens with one attached hydrogen (secondary N) is 1. The molecule has 0 radical (unpaired) electrons. The van der Waals surface area contributed by atoms with Crippen LogP contribution in [0.15, 0.2) is 43.0 Å². The van der Waals surface area contributed by atoms with Gasteiger partial charge in [0.05, 0.1) is 5.41 Å². The van der Waals surface area contributed by atoms with Gasteiger partial charge in [0.2, 0.25) is 11.8 Å². The van der Waals surface area contributed by atoms with Gasteiger partial charge in [0.15, 0.2) is 0 Å². The first-order chi connectivity index (χ1) is 15.0. The molecule has 1 N–H and O–H groups in total. The minimum Gasteiger partial charge on any atom is -0.353 e. The van der Waals surface area contributed by atoms with Crippen LogP contribution in [0.3, 0.4) is 0 Å². The summed E-state index contributed by atoms with van der Waals surface area (Å²) in [6.07, 6.45) is 10.4. The van der Waals surface area contributed by atoms with Gasteiger partial charge in [-0.05, 0) is 57.1 Å². The van der Waals surface area contributed by atoms with E-state index >= 15 is 0 Å². The lowest BCUT2D eigenvalue weighted by atomic mass is 9.72. The summed E-state index contributed by atoms with van der Waals surface area (Å²) in [4.78, 5) is 36.9. The maximum absolute atomic E-state index is 13.5. The summed E-state index contributed by atoms with van der Waals surface area (Å²) >= 11 is 0. The van der Waals surface area contributed by atoms with Crippen LogP contribution in [0.4, 0.5) is 0 Å². The Morgan fingerprint density at radius 1 is 1.16 bits per heavy atom. The summed E-state index contributed by atoms with van der Waals surface area (Å²) in [6.45, 7) is 5.21. The number of hydrogen-bond donors (Lipinski definition) is 1. The summed E-state index contributed by atoms with van der Waals surface area (Å²) < 4.78 is 0. The van der Waals surface area contributed by atoms with Crippen molar-refractivity contribution >= 4 is 11.8 Å². The monoisotopic (exact) mass is 420 g/mol. The third-order valence-corrected chi connectivity index (χ3v) is 6.66. The third kappa shape index (κ3) is 4.63. The largest absolute Gasteiger partial charge is 0.353 e. The molecule has 0 bridgehead atoms. The van der Waals surface area contributed by atoms with Crippen LogP contribution in [0.5, 0.6) is 0 Å². The lowest BCUT2D eigenvalue weighted by Crippen LogP contribution is -2.56. The van der Waals surface area contributed by atoms with E-state index in [4.69, 9.17) is 0 Å². The van der Waals surface area contributed by atoms with E-state index in [1.165, 1.54) is 6.33 Å². The van der Waals surface area contributed by atoms with E-state index in [0.717, 1.165) is 55.3 Å². The highest BCUT2D eigenvalue weighted by Gasteiger charge is 2.45. The Morgan fingerprint density at radius 2 is 1.90 bits per heavy atom. The van der Waals surface area contributed by atoms with Gasteiger partial charge < -0.3 is 10.2 Å². The molecular weight excluding hydrogens is 388 g/mol. The predicted octanol–water partition coefficient (Wildman–Crippen LogP) is 3.62. The number of rotatable bonds is 6. The number of benzene rings is 1. The van der Waals surface area contributed by atoms with Gasteiger partial charge in [0.25, 0.3) is 0 Å². The summed E-state index contributed by atoms with van der Waals surface area (Å²) in [6, 6.07) is 8.21. The molecule has 0 unspecified atom stereocenters. The molecule has 1 saturated heterocycles. The number of likely N-dealkylation sites (tertiary alicyclic amines) is 1. The van der Waals surface area contributed by atoms with Crippen molar-refractivity contribution in [1.29, 1.82) is 0 Å². The van der Waals surface area contributed by atoms with Gasteiger partial charge in [-0.15, -0.1) is 0 Å². The lowest BCUT2D eigenvalue weighted by molar-refractivity contribution is -0.146. The first kappa shape index (κ1) is 21.5. The van der Waals surface area contributed by atoms with Crippen molar-refractivity contribution in [1.82, 2.24) is 20.2 Å². The minimum atomic E-state index is -0.631. The van der Waals surface area contributed by atoms with E-state index in [2.05, 4.69) is 27.4 Å². The summed E-state index contributed by atoms with van der Waals surface area (Å²) in [7, 11) is 0. The molecular formula is C25H32N4O2. The Hall–Kier alpha value is -2.76. The summed E-state index contributed by atoms with van der Waals surface area (Å²) in [5, 5.41) is 3.15. The number of carbonyl (C=O) groups excluding carboxylic acids is 2. The average Bonchev–Trinajstić information content (AvgIpc) is 2.73. The van der Waals surface area contributed by atoms with Crippen LogP contribution < -0.4 is 5.32 Å². The molecule has 1 saturated carbocycles. The molecule has 6 nitrogen and oxygen atoms in total. The summed E-state index contributed by atoms with van der Waals surface area (Å²) in [5.74, 6) is 0.433. The van der Waals surface area contributed by atoms with Crippen LogP contribution in [-0.4, -0.2) is 45.8 Å². The van der Waals surface area contributed by atoms with Crippen LogP contribution in [0.25, 0.3) is 11.1 Å². The molecule has 1 aliphatic carbocycles. The van der Waals surface area contributed by atoms with Crippen molar-refractivity contribution in [2.45, 2.75) is 58.4 Å². The summed E-state index contributed by atoms with van der Waals surface area (Å²) in [5.41, 5.74) is 2.44. The highest BCUT2D eigenvalue weighted by Crippen LogP contribution is 2.39. The Labute approximate surface area is 184 Å². The van der Waals surface area contributed by atoms with Crippen molar-refractivity contribution in [3.63, 3.8) is 0 Å². The molecule has 2 aromatic rings. The van der Waals surface area contributed by atoms with E-state index < -0.39 is 5.41 Å². The third-order valence-electron chi connectivity index (χ3n) is 6.66. The molecule has 1 aliphatic heterocycles. The van der Waals surface area contributed by atoms with E-state index in [1.807, 2.05) is 30.9 Å². The quantitative estimate of drug-likeness (QED) is 0.775. The van der Waals surface area contributed by atoms with E-state index in [-0.39, 0.29) is 23.8 Å². The number of nitrogens with zero attached hydrogens (tertiary/aromatic N) is 3. The topological polar surface area (TPSA) is 75.2 Å². The van der Waals surface area contributed by atoms with Crippen molar-refractivity contribution < 1.29 is 9.59 Å². The zero-order chi connectivity index (χ0) is 21.8. The molecule has 164 valence electrons. The van der Waals surface area contributed by atoms with Gasteiger partial charge in [-0.3, -0.25) is 9.59 Å². The number of aromatic nitrogens is 2. The number of amides is 2. The number of piperidine rings is 1. The van der Waals surface area contributed by atoms with Gasteiger partial charge in [-0.1, -0.05) is 30.7 Å². The average molecular weight is 421 g/mol. The first-order valence-electron chi connectivity index (χ1n) is 11.4. The molecule has 2 amide bonds. The Balaban J connectivity index is 1.66. The van der Waals surface area contributed by atoms with Crippen LogP contribution in [-0.2, 0) is 16.0 Å². The van der Waals surface area contributed by atoms with Gasteiger partial charge in [-0.2, -0.15) is 0 Å². The fourth-order valence-corrected chi connectivity index (χ4v) is 4.82. The van der Waals surface area contributed by atoms with Gasteiger partial charge >= 0.3 is 0 Å². The van der Waals surface area contributed by atoms with Crippen LogP contribution in [0.1, 0.15) is 51.5 Å². The van der Waals surface area contributed by atoms with Crippen molar-refractivity contribution in [3.8, 4) is 11.1 Å². The van der Waals surface area contributed by atoms with Crippen molar-refractivity contribution in [2.24, 2.45) is 11.3 Å². The second-order valence-electron chi connectivity index (χ2n) is 9.36. The van der Waals surface area contributed by atoms with Crippen LogP contribution in [0.2, 0.25) is 0 Å². The second-order valence-corrected chi connectivity index (χ2v) is 9.36. The van der Waals surface area contributed by atoms with Gasteiger partial charge in [0.1, 0.15) is 6.33 Å². The van der Waals surface area contributed by atoms with Crippen LogP contribution >= 0.6 is 0 Å². The maximum Gasteiger partial charge on any atom is 0.228 e. The standard InChI is InChI=1S/C25H32N4O2/c1-18(2)28-24(31)25(11-6-12-29(16-25)23(30)19-8-5-9-19)13-20-7-3-4-10-22(20)21-14-26-17-27-15-21/h3-4,7,10,14-15,17-19H,5-6,8-9,11-13,16H2,1-2H3,(H,28,31)/t25-/m0/s1. The van der Waals surface area contributed by atoms with E-state index in [9.17, 15) is 9.59 Å². The van der Waals surface area contributed by atoms with Gasteiger partial charge in [-0.25, -0.2) is 9.97 Å². The highest BCUT2D eigenvalue weighted by molar-refractivity contribution is 5.86. The SMILES string of the molecule is CC(C)NC(=O)[C@]1(Cc2ccccc2-c2cncnc2)CCCN(C(=O)C2CCC2)C1. The molecule has 31 heavy (non-hydrogen) atoms. The first-order valence-corrected chi connectivity index (χ1v) is 11.4. The maximum atomic E-state index is 13.5. The Morgan fingerprint density at radius 3 is 2.58 bits per heavy atom. The smallest absolute Gasteiger partial charge is 0.228 e. The molecule has 0 spiro atoms. The normalized spacial score (nSPS) is 21.6. The highest BCUT2D eigenvalue weighted by atomic mass is 16.2. The molecule has 4 rings (SSSR count). The molecule has 6 heteroatoms. The zero-order valence-corrected chi connectivity index (χ0v) is 18.5. The second kappa shape index (κ2) is 9.16. The van der Waals surface area contributed by atoms with E-state index in [0.29, 0.717) is 13.0 Å². The number of hydrogen-bond acceptors (Lipinski definition) is 4. The fraction of sp³-hybridized carbons (Fsp3) is 0.520. The molecule has 1 atom stereocenters. The van der Waals surface area contributed by atoms with Crippen molar-refractivity contribution in [2.75, 3.05) is 13.1 Å². The lowest BCUT2D eigenvalue weighted by Gasteiger charge is -2.44. The van der Waals surface area contributed by atoms with E-state index in [1.54, 1.807) is 12.4 Å². The molecule has 2 fully saturated rings. The Bertz CT molecular complexity index is 926. The number of carbonyl (C=O) groups is 2.